The van der Waals surface area contributed by atoms with E-state index < -0.39 is 29.0 Å². The highest BCUT2D eigenvalue weighted by Crippen LogP contribution is 2.08. The Morgan fingerprint density at radius 1 is 1.29 bits per heavy atom. The fourth-order valence-corrected chi connectivity index (χ4v) is 2.58. The second-order valence-corrected chi connectivity index (χ2v) is 5.78. The van der Waals surface area contributed by atoms with Crippen molar-refractivity contribution in [3.05, 3.63) is 61.2 Å². The number of carbonyl (C=O) groups excluding carboxylic acids is 2. The second kappa shape index (κ2) is 8.02. The second-order valence-electron chi connectivity index (χ2n) is 4.74. The summed E-state index contributed by atoms with van der Waals surface area (Å²) in [7, 11) is 0. The third-order valence-corrected chi connectivity index (χ3v) is 3.92. The quantitative estimate of drug-likeness (QED) is 0.591. The van der Waals surface area contributed by atoms with Gasteiger partial charge in [-0.25, -0.2) is 4.79 Å². The molecule has 0 aromatic carbocycles. The van der Waals surface area contributed by atoms with Gasteiger partial charge in [0.15, 0.2) is 0 Å². The maximum absolute atomic E-state index is 11.7. The molecule has 0 spiro atoms. The van der Waals surface area contributed by atoms with E-state index in [1.807, 2.05) is 17.5 Å². The van der Waals surface area contributed by atoms with Gasteiger partial charge in [-0.1, -0.05) is 6.07 Å². The first-order chi connectivity index (χ1) is 11.5. The summed E-state index contributed by atoms with van der Waals surface area (Å²) in [6.45, 7) is -0.130. The third kappa shape index (κ3) is 5.02. The molecule has 2 aromatic rings. The van der Waals surface area contributed by atoms with Crippen LogP contribution in [0.1, 0.15) is 4.88 Å². The summed E-state index contributed by atoms with van der Waals surface area (Å²) in [6, 6.07) is 5.19. The molecule has 10 heteroatoms. The standard InChI is InChI=1S/C14H14N4O5S/c19-12(9-17-8-10(18(22)23)3-4-13(17)20)16-14(21)15-6-5-11-2-1-7-24-11/h1-4,7-8H,5-6,9H2,(H2,15,16,19,21). The van der Waals surface area contributed by atoms with Crippen LogP contribution in [0.25, 0.3) is 0 Å². The van der Waals surface area contributed by atoms with Crippen molar-refractivity contribution < 1.29 is 14.5 Å². The van der Waals surface area contributed by atoms with Crippen molar-refractivity contribution in [1.29, 1.82) is 0 Å². The number of imide groups is 1. The van der Waals surface area contributed by atoms with Gasteiger partial charge in [0.1, 0.15) is 6.54 Å². The van der Waals surface area contributed by atoms with E-state index in [2.05, 4.69) is 10.6 Å². The number of nitrogens with one attached hydrogen (secondary N) is 2. The van der Waals surface area contributed by atoms with E-state index >= 15 is 0 Å². The number of nitrogens with zero attached hydrogens (tertiary/aromatic N) is 2. The minimum absolute atomic E-state index is 0.317. The Labute approximate surface area is 140 Å². The lowest BCUT2D eigenvalue weighted by atomic mass is 10.3. The van der Waals surface area contributed by atoms with Gasteiger partial charge in [0, 0.05) is 23.6 Å². The maximum atomic E-state index is 11.7. The van der Waals surface area contributed by atoms with E-state index in [0.717, 1.165) is 27.8 Å². The minimum Gasteiger partial charge on any atom is -0.337 e. The lowest BCUT2D eigenvalue weighted by molar-refractivity contribution is -0.385. The molecule has 0 saturated carbocycles. The van der Waals surface area contributed by atoms with Crippen molar-refractivity contribution in [2.24, 2.45) is 0 Å². The average Bonchev–Trinajstić information content (AvgIpc) is 3.02. The molecule has 0 atom stereocenters. The summed E-state index contributed by atoms with van der Waals surface area (Å²) < 4.78 is 0.867. The monoisotopic (exact) mass is 350 g/mol. The number of nitro groups is 1. The van der Waals surface area contributed by atoms with E-state index in [9.17, 15) is 24.5 Å². The number of hydrogen-bond donors (Lipinski definition) is 2. The number of amides is 3. The Morgan fingerprint density at radius 2 is 2.08 bits per heavy atom. The highest BCUT2D eigenvalue weighted by Gasteiger charge is 2.12. The van der Waals surface area contributed by atoms with Crippen LogP contribution in [0.3, 0.4) is 0 Å². The molecule has 0 fully saturated rings. The van der Waals surface area contributed by atoms with E-state index in [1.165, 1.54) is 0 Å². The number of hydrogen-bond acceptors (Lipinski definition) is 6. The third-order valence-electron chi connectivity index (χ3n) is 2.98. The molecule has 0 saturated heterocycles. The first kappa shape index (κ1) is 17.3. The van der Waals surface area contributed by atoms with Gasteiger partial charge < -0.3 is 5.32 Å². The summed E-state index contributed by atoms with van der Waals surface area (Å²) in [5, 5.41) is 17.2. The Hall–Kier alpha value is -3.01. The summed E-state index contributed by atoms with van der Waals surface area (Å²) in [6.07, 6.45) is 1.60. The molecule has 0 aliphatic rings. The Kier molecular flexibility index (Phi) is 5.79. The molecular formula is C14H14N4O5S. The highest BCUT2D eigenvalue weighted by molar-refractivity contribution is 7.09. The average molecular weight is 350 g/mol. The van der Waals surface area contributed by atoms with Gasteiger partial charge >= 0.3 is 6.03 Å². The Bertz CT molecular complexity index is 800. The molecule has 9 nitrogen and oxygen atoms in total. The lowest BCUT2D eigenvalue weighted by Crippen LogP contribution is -2.42. The molecule has 0 bridgehead atoms. The predicted octanol–water partition coefficient (Wildman–Crippen LogP) is 0.886. The zero-order chi connectivity index (χ0) is 17.5. The normalized spacial score (nSPS) is 10.2. The summed E-state index contributed by atoms with van der Waals surface area (Å²) in [5.74, 6) is -0.744. The SMILES string of the molecule is O=C(Cn1cc([N+](=O)[O-])ccc1=O)NC(=O)NCCc1cccs1. The van der Waals surface area contributed by atoms with E-state index in [4.69, 9.17) is 0 Å². The van der Waals surface area contributed by atoms with Gasteiger partial charge in [-0.05, 0) is 17.9 Å². The van der Waals surface area contributed by atoms with Gasteiger partial charge in [-0.2, -0.15) is 0 Å². The topological polar surface area (TPSA) is 123 Å². The van der Waals surface area contributed by atoms with Crippen molar-refractivity contribution in [2.45, 2.75) is 13.0 Å². The zero-order valence-electron chi connectivity index (χ0n) is 12.4. The van der Waals surface area contributed by atoms with Crippen LogP contribution in [0.4, 0.5) is 10.5 Å². The summed E-state index contributed by atoms with van der Waals surface area (Å²) >= 11 is 1.56. The van der Waals surface area contributed by atoms with Crippen molar-refractivity contribution in [3.8, 4) is 0 Å². The van der Waals surface area contributed by atoms with Crippen LogP contribution < -0.4 is 16.2 Å². The van der Waals surface area contributed by atoms with E-state index in [0.29, 0.717) is 13.0 Å². The van der Waals surface area contributed by atoms with Crippen LogP contribution in [0, 0.1) is 10.1 Å². The lowest BCUT2D eigenvalue weighted by Gasteiger charge is -2.07. The predicted molar refractivity (Wildman–Crippen MR) is 86.9 cm³/mol. The minimum atomic E-state index is -0.744. The Balaban J connectivity index is 1.84. The molecule has 3 amide bonds. The smallest absolute Gasteiger partial charge is 0.321 e. The number of thiophene rings is 1. The molecule has 24 heavy (non-hydrogen) atoms. The van der Waals surface area contributed by atoms with Gasteiger partial charge in [0.25, 0.3) is 11.2 Å². The molecular weight excluding hydrogens is 336 g/mol. The molecule has 0 unspecified atom stereocenters. The fraction of sp³-hybridized carbons (Fsp3) is 0.214. The Morgan fingerprint density at radius 3 is 2.75 bits per heavy atom. The molecule has 2 rings (SSSR count). The van der Waals surface area contributed by atoms with Crippen LogP contribution in [0.2, 0.25) is 0 Å². The van der Waals surface area contributed by atoms with E-state index in [-0.39, 0.29) is 5.69 Å². The molecule has 2 aromatic heterocycles. The van der Waals surface area contributed by atoms with E-state index in [1.54, 1.807) is 11.3 Å². The van der Waals surface area contributed by atoms with Gasteiger partial charge in [0.2, 0.25) is 5.91 Å². The van der Waals surface area contributed by atoms with Crippen molar-refractivity contribution in [3.63, 3.8) is 0 Å². The number of rotatable bonds is 6. The van der Waals surface area contributed by atoms with Gasteiger partial charge in [0.05, 0.1) is 11.1 Å². The van der Waals surface area contributed by atoms with Crippen LogP contribution in [0.15, 0.2) is 40.6 Å². The molecule has 0 radical (unpaired) electrons. The maximum Gasteiger partial charge on any atom is 0.321 e. The molecule has 126 valence electrons. The molecule has 2 heterocycles. The number of pyridine rings is 1. The van der Waals surface area contributed by atoms with Crippen molar-refractivity contribution in [2.75, 3.05) is 6.54 Å². The van der Waals surface area contributed by atoms with Crippen LogP contribution in [-0.2, 0) is 17.8 Å². The number of urea groups is 1. The van der Waals surface area contributed by atoms with Gasteiger partial charge in [-0.15, -0.1) is 11.3 Å². The van der Waals surface area contributed by atoms with Crippen molar-refractivity contribution >= 4 is 29.0 Å². The largest absolute Gasteiger partial charge is 0.337 e. The molecule has 0 aliphatic carbocycles. The first-order valence-electron chi connectivity index (χ1n) is 6.90. The highest BCUT2D eigenvalue weighted by atomic mass is 32.1. The summed E-state index contributed by atoms with van der Waals surface area (Å²) in [4.78, 5) is 46.0. The van der Waals surface area contributed by atoms with Gasteiger partial charge in [-0.3, -0.25) is 29.6 Å². The van der Waals surface area contributed by atoms with Crippen LogP contribution >= 0.6 is 11.3 Å². The number of carbonyl (C=O) groups is 2. The zero-order valence-corrected chi connectivity index (χ0v) is 13.2. The first-order valence-corrected chi connectivity index (χ1v) is 7.78. The van der Waals surface area contributed by atoms with Crippen molar-refractivity contribution in [1.82, 2.24) is 15.2 Å². The molecule has 0 aliphatic heterocycles. The molecule has 2 N–H and O–H groups in total. The van der Waals surface area contributed by atoms with Crippen LogP contribution in [-0.4, -0.2) is 28.0 Å². The van der Waals surface area contributed by atoms with Crippen LogP contribution in [0.5, 0.6) is 0 Å². The summed E-state index contributed by atoms with van der Waals surface area (Å²) in [5.41, 5.74) is -0.892. The number of aromatic nitrogens is 1. The fourth-order valence-electron chi connectivity index (χ4n) is 1.87.